The van der Waals surface area contributed by atoms with Gasteiger partial charge in [-0.1, -0.05) is 47.5 Å². The maximum Gasteiger partial charge on any atom is 0.0529 e. The van der Waals surface area contributed by atoms with Crippen molar-refractivity contribution >= 4 is 34.1 Å². The molecule has 0 aliphatic heterocycles. The largest absolute Gasteiger partial charge is 0.343 e. The second kappa shape index (κ2) is 6.10. The molecule has 0 spiro atoms. The zero-order valence-electron chi connectivity index (χ0n) is 11.7. The number of aromatic nitrogens is 1. The van der Waals surface area contributed by atoms with Gasteiger partial charge < -0.3 is 9.88 Å². The number of para-hydroxylation sites is 1. The van der Waals surface area contributed by atoms with Gasteiger partial charge in [0.2, 0.25) is 0 Å². The molecule has 3 aromatic rings. The molecule has 2 aromatic carbocycles. The molecule has 0 aliphatic rings. The molecule has 0 atom stereocenters. The summed E-state index contributed by atoms with van der Waals surface area (Å²) in [5.41, 5.74) is 3.60. The Morgan fingerprint density at radius 2 is 1.90 bits per heavy atom. The van der Waals surface area contributed by atoms with E-state index in [1.54, 1.807) is 6.07 Å². The number of hydrogen-bond acceptors (Lipinski definition) is 1. The Hall–Kier alpha value is -1.48. The number of benzene rings is 2. The van der Waals surface area contributed by atoms with E-state index in [2.05, 4.69) is 40.3 Å². The van der Waals surface area contributed by atoms with Crippen LogP contribution in [0.25, 0.3) is 10.9 Å². The minimum Gasteiger partial charge on any atom is -0.343 e. The van der Waals surface area contributed by atoms with Gasteiger partial charge in [0.15, 0.2) is 0 Å². The molecule has 0 fully saturated rings. The van der Waals surface area contributed by atoms with E-state index in [-0.39, 0.29) is 0 Å². The van der Waals surface area contributed by atoms with Crippen molar-refractivity contribution in [3.8, 4) is 0 Å². The summed E-state index contributed by atoms with van der Waals surface area (Å²) in [4.78, 5) is 0. The van der Waals surface area contributed by atoms with Crippen molar-refractivity contribution in [1.82, 2.24) is 9.88 Å². The predicted octanol–water partition coefficient (Wildman–Crippen LogP) is 4.72. The van der Waals surface area contributed by atoms with Crippen LogP contribution in [0, 0.1) is 0 Å². The van der Waals surface area contributed by atoms with Crippen molar-refractivity contribution in [2.24, 2.45) is 0 Å². The van der Waals surface area contributed by atoms with Crippen LogP contribution < -0.4 is 5.32 Å². The molecule has 0 bridgehead atoms. The van der Waals surface area contributed by atoms with Crippen LogP contribution in [-0.4, -0.2) is 11.6 Å². The summed E-state index contributed by atoms with van der Waals surface area (Å²) in [5, 5.41) is 5.83. The maximum atomic E-state index is 6.29. The van der Waals surface area contributed by atoms with E-state index >= 15 is 0 Å². The molecule has 0 aliphatic carbocycles. The van der Waals surface area contributed by atoms with Gasteiger partial charge in [-0.2, -0.15) is 0 Å². The van der Waals surface area contributed by atoms with Gasteiger partial charge in [0.25, 0.3) is 0 Å². The minimum atomic E-state index is 0.664. The highest BCUT2D eigenvalue weighted by Crippen LogP contribution is 2.25. The van der Waals surface area contributed by atoms with E-state index in [0.717, 1.165) is 18.7 Å². The van der Waals surface area contributed by atoms with E-state index in [4.69, 9.17) is 23.2 Å². The summed E-state index contributed by atoms with van der Waals surface area (Å²) < 4.78 is 2.23. The molecule has 0 saturated carbocycles. The van der Waals surface area contributed by atoms with Crippen LogP contribution in [0.15, 0.2) is 48.7 Å². The molecule has 0 saturated heterocycles. The second-order valence-corrected chi connectivity index (χ2v) is 5.91. The average Bonchev–Trinajstić information content (AvgIpc) is 2.87. The van der Waals surface area contributed by atoms with E-state index in [0.29, 0.717) is 10.0 Å². The molecule has 1 heterocycles. The van der Waals surface area contributed by atoms with Crippen molar-refractivity contribution in [2.75, 3.05) is 7.05 Å². The molecule has 0 radical (unpaired) electrons. The lowest BCUT2D eigenvalue weighted by molar-refractivity contribution is 0.796. The first-order chi connectivity index (χ1) is 10.2. The Bertz CT molecular complexity index is 778. The van der Waals surface area contributed by atoms with Crippen LogP contribution in [0.5, 0.6) is 0 Å². The molecule has 3 rings (SSSR count). The van der Waals surface area contributed by atoms with E-state index in [1.165, 1.54) is 16.5 Å². The molecule has 4 heteroatoms. The smallest absolute Gasteiger partial charge is 0.0529 e. The molecule has 2 nitrogen and oxygen atoms in total. The van der Waals surface area contributed by atoms with Crippen LogP contribution in [-0.2, 0) is 13.1 Å². The fourth-order valence-electron chi connectivity index (χ4n) is 2.64. The van der Waals surface area contributed by atoms with Crippen LogP contribution >= 0.6 is 23.2 Å². The summed E-state index contributed by atoms with van der Waals surface area (Å²) in [6.45, 7) is 1.58. The van der Waals surface area contributed by atoms with Crippen LogP contribution in [0.2, 0.25) is 10.0 Å². The number of halogens is 2. The molecule has 0 amide bonds. The Morgan fingerprint density at radius 1 is 1.05 bits per heavy atom. The molecule has 1 aromatic heterocycles. The van der Waals surface area contributed by atoms with Crippen molar-refractivity contribution in [2.45, 2.75) is 13.1 Å². The highest BCUT2D eigenvalue weighted by atomic mass is 35.5. The van der Waals surface area contributed by atoms with Gasteiger partial charge in [0.05, 0.1) is 5.52 Å². The van der Waals surface area contributed by atoms with Gasteiger partial charge in [-0.15, -0.1) is 0 Å². The summed E-state index contributed by atoms with van der Waals surface area (Å²) >= 11 is 12.2. The molecule has 0 unspecified atom stereocenters. The third-order valence-electron chi connectivity index (χ3n) is 3.60. The summed E-state index contributed by atoms with van der Waals surface area (Å²) in [6, 6.07) is 14.2. The average molecular weight is 319 g/mol. The molecule has 21 heavy (non-hydrogen) atoms. The van der Waals surface area contributed by atoms with Gasteiger partial charge in [0.1, 0.15) is 0 Å². The normalized spacial score (nSPS) is 11.2. The number of nitrogens with zero attached hydrogens (tertiary/aromatic N) is 1. The maximum absolute atomic E-state index is 6.29. The Kier molecular flexibility index (Phi) is 4.20. The quantitative estimate of drug-likeness (QED) is 0.736. The highest BCUT2D eigenvalue weighted by Gasteiger charge is 2.08. The van der Waals surface area contributed by atoms with Gasteiger partial charge in [0, 0.05) is 29.3 Å². The lowest BCUT2D eigenvalue weighted by Gasteiger charge is -2.11. The summed E-state index contributed by atoms with van der Waals surface area (Å²) in [6.07, 6.45) is 2.11. The number of nitrogens with one attached hydrogen (secondary N) is 1. The van der Waals surface area contributed by atoms with Crippen molar-refractivity contribution < 1.29 is 0 Å². The van der Waals surface area contributed by atoms with E-state index < -0.39 is 0 Å². The first-order valence-corrected chi connectivity index (χ1v) is 7.60. The lowest BCUT2D eigenvalue weighted by atomic mass is 10.1. The number of fused-ring (bicyclic) bond motifs is 1. The molecular formula is C17H16Cl2N2. The fourth-order valence-corrected chi connectivity index (χ4v) is 3.11. The number of rotatable bonds is 4. The van der Waals surface area contributed by atoms with Crippen LogP contribution in [0.1, 0.15) is 11.1 Å². The topological polar surface area (TPSA) is 17.0 Å². The monoisotopic (exact) mass is 318 g/mol. The molecule has 108 valence electrons. The Balaban J connectivity index is 2.04. The zero-order valence-corrected chi connectivity index (χ0v) is 13.2. The highest BCUT2D eigenvalue weighted by molar-refractivity contribution is 6.35. The summed E-state index contributed by atoms with van der Waals surface area (Å²) in [7, 11) is 1.96. The zero-order chi connectivity index (χ0) is 14.8. The first kappa shape index (κ1) is 14.5. The van der Waals surface area contributed by atoms with Gasteiger partial charge in [-0.3, -0.25) is 0 Å². The van der Waals surface area contributed by atoms with E-state index in [1.807, 2.05) is 19.2 Å². The minimum absolute atomic E-state index is 0.664. The van der Waals surface area contributed by atoms with Gasteiger partial charge in [-0.25, -0.2) is 0 Å². The standard InChI is InChI=1S/C17H16Cl2N2/c1-20-10-13-4-2-3-12-7-8-21(17(12)13)11-14-5-6-15(18)9-16(14)19/h2-9,20H,10-11H2,1H3. The van der Waals surface area contributed by atoms with Gasteiger partial charge in [-0.05, 0) is 41.8 Å². The predicted molar refractivity (Wildman–Crippen MR) is 90.3 cm³/mol. The van der Waals surface area contributed by atoms with Crippen LogP contribution in [0.4, 0.5) is 0 Å². The number of hydrogen-bond donors (Lipinski definition) is 1. The fraction of sp³-hybridized carbons (Fsp3) is 0.176. The molecular weight excluding hydrogens is 303 g/mol. The van der Waals surface area contributed by atoms with Crippen molar-refractivity contribution in [1.29, 1.82) is 0 Å². The van der Waals surface area contributed by atoms with Crippen LogP contribution in [0.3, 0.4) is 0 Å². The third-order valence-corrected chi connectivity index (χ3v) is 4.18. The third kappa shape index (κ3) is 2.93. The second-order valence-electron chi connectivity index (χ2n) is 5.06. The Labute approximate surface area is 134 Å². The van der Waals surface area contributed by atoms with Gasteiger partial charge >= 0.3 is 0 Å². The Morgan fingerprint density at radius 3 is 2.67 bits per heavy atom. The SMILES string of the molecule is CNCc1cccc2ccn(Cc3ccc(Cl)cc3Cl)c12. The van der Waals surface area contributed by atoms with E-state index in [9.17, 15) is 0 Å². The van der Waals surface area contributed by atoms with Crippen molar-refractivity contribution in [3.05, 3.63) is 69.8 Å². The summed E-state index contributed by atoms with van der Waals surface area (Å²) in [5.74, 6) is 0. The first-order valence-electron chi connectivity index (χ1n) is 6.84. The molecule has 1 N–H and O–H groups in total. The van der Waals surface area contributed by atoms with Crippen molar-refractivity contribution in [3.63, 3.8) is 0 Å². The lowest BCUT2D eigenvalue weighted by Crippen LogP contribution is -2.08.